The highest BCUT2D eigenvalue weighted by molar-refractivity contribution is 5.82. The molecule has 146 valence electrons. The Morgan fingerprint density at radius 3 is 2.85 bits per heavy atom. The van der Waals surface area contributed by atoms with Crippen LogP contribution in [0, 0.1) is 11.6 Å². The zero-order valence-electron chi connectivity index (χ0n) is 14.9. The lowest BCUT2D eigenvalue weighted by atomic mass is 9.82. The van der Waals surface area contributed by atoms with Gasteiger partial charge in [-0.15, -0.1) is 0 Å². The van der Waals surface area contributed by atoms with E-state index in [9.17, 15) is 18.4 Å². The molecule has 1 unspecified atom stereocenters. The lowest BCUT2D eigenvalue weighted by Crippen LogP contribution is -2.56. The number of hydrogen-bond donors (Lipinski definition) is 1. The second-order valence-electron chi connectivity index (χ2n) is 7.45. The predicted molar refractivity (Wildman–Crippen MR) is 91.0 cm³/mol. The van der Waals surface area contributed by atoms with Gasteiger partial charge in [-0.2, -0.15) is 0 Å². The highest BCUT2D eigenvalue weighted by atomic mass is 19.2. The first-order valence-electron chi connectivity index (χ1n) is 9.23. The Morgan fingerprint density at radius 2 is 2.11 bits per heavy atom. The molecule has 3 aliphatic rings. The van der Waals surface area contributed by atoms with Gasteiger partial charge in [0, 0.05) is 32.0 Å². The second-order valence-corrected chi connectivity index (χ2v) is 7.45. The fraction of sp³-hybridized carbons (Fsp3) is 0.579. The van der Waals surface area contributed by atoms with E-state index < -0.39 is 29.2 Å². The third kappa shape index (κ3) is 3.43. The Labute approximate surface area is 155 Å². The summed E-state index contributed by atoms with van der Waals surface area (Å²) in [6.07, 6.45) is 1.25. The zero-order valence-corrected chi connectivity index (χ0v) is 14.9. The number of ether oxygens (including phenoxy) is 2. The van der Waals surface area contributed by atoms with Gasteiger partial charge in [-0.25, -0.2) is 8.78 Å². The fourth-order valence-electron chi connectivity index (χ4n) is 4.28. The minimum Gasteiger partial charge on any atom is -0.378 e. The molecule has 1 aromatic rings. The molecular weight excluding hydrogens is 358 g/mol. The molecule has 3 fully saturated rings. The number of nitrogens with zero attached hydrogens (tertiary/aromatic N) is 1. The molecule has 2 amide bonds. The van der Waals surface area contributed by atoms with Crippen molar-refractivity contribution >= 4 is 11.8 Å². The smallest absolute Gasteiger partial charge is 0.251 e. The van der Waals surface area contributed by atoms with Crippen LogP contribution in [0.5, 0.6) is 0 Å². The van der Waals surface area contributed by atoms with Crippen molar-refractivity contribution in [2.45, 2.75) is 36.8 Å². The molecule has 3 atom stereocenters. The van der Waals surface area contributed by atoms with Gasteiger partial charge in [0.1, 0.15) is 6.10 Å². The molecule has 0 radical (unpaired) electrons. The normalized spacial score (nSPS) is 31.2. The quantitative estimate of drug-likeness (QED) is 0.841. The summed E-state index contributed by atoms with van der Waals surface area (Å²) < 4.78 is 38.4. The molecule has 27 heavy (non-hydrogen) atoms. The van der Waals surface area contributed by atoms with Crippen molar-refractivity contribution in [1.82, 2.24) is 10.2 Å². The van der Waals surface area contributed by atoms with Crippen molar-refractivity contribution in [2.24, 2.45) is 0 Å². The summed E-state index contributed by atoms with van der Waals surface area (Å²) in [5.41, 5.74) is -0.339. The van der Waals surface area contributed by atoms with Crippen molar-refractivity contribution in [3.63, 3.8) is 0 Å². The monoisotopic (exact) mass is 380 g/mol. The van der Waals surface area contributed by atoms with Gasteiger partial charge < -0.3 is 19.7 Å². The van der Waals surface area contributed by atoms with Crippen LogP contribution in [0.15, 0.2) is 18.2 Å². The maximum Gasteiger partial charge on any atom is 0.251 e. The molecule has 3 aliphatic heterocycles. The third-order valence-corrected chi connectivity index (χ3v) is 5.63. The summed E-state index contributed by atoms with van der Waals surface area (Å²) in [5.74, 6) is -2.59. The van der Waals surface area contributed by atoms with E-state index in [1.165, 1.54) is 6.07 Å². The predicted octanol–water partition coefficient (Wildman–Crippen LogP) is 1.34. The first-order valence-corrected chi connectivity index (χ1v) is 9.23. The minimum absolute atomic E-state index is 0.129. The standard InChI is InChI=1S/C19H22F2N2O4/c20-14-4-3-12(8-15(14)21)13-9-23(18(25)16-2-1-6-27-16)10-19(13)11-26-7-5-17(24)22-19/h3-4,8,13,16H,1-2,5-7,9-11H2,(H,22,24)/t13-,16?,19-/m0/s1. The Hall–Kier alpha value is -2.06. The number of halogens is 2. The topological polar surface area (TPSA) is 67.9 Å². The van der Waals surface area contributed by atoms with Crippen LogP contribution in [0.1, 0.15) is 30.7 Å². The van der Waals surface area contributed by atoms with E-state index in [0.29, 0.717) is 18.6 Å². The van der Waals surface area contributed by atoms with Gasteiger partial charge in [-0.3, -0.25) is 9.59 Å². The van der Waals surface area contributed by atoms with Gasteiger partial charge in [0.15, 0.2) is 11.6 Å². The van der Waals surface area contributed by atoms with Crippen LogP contribution in [-0.4, -0.2) is 61.3 Å². The summed E-state index contributed by atoms with van der Waals surface area (Å²) in [5, 5.41) is 3.00. The molecule has 1 aromatic carbocycles. The van der Waals surface area contributed by atoms with Gasteiger partial charge in [0.25, 0.3) is 5.91 Å². The summed E-state index contributed by atoms with van der Waals surface area (Å²) in [6.45, 7) is 1.59. The molecule has 8 heteroatoms. The van der Waals surface area contributed by atoms with Crippen LogP contribution in [0.2, 0.25) is 0 Å². The summed E-state index contributed by atoms with van der Waals surface area (Å²) in [6, 6.07) is 3.71. The van der Waals surface area contributed by atoms with Crippen molar-refractivity contribution < 1.29 is 27.8 Å². The zero-order chi connectivity index (χ0) is 19.0. The van der Waals surface area contributed by atoms with Crippen LogP contribution < -0.4 is 5.32 Å². The molecule has 0 bridgehead atoms. The van der Waals surface area contributed by atoms with E-state index in [1.54, 1.807) is 4.90 Å². The van der Waals surface area contributed by atoms with Crippen LogP contribution in [0.25, 0.3) is 0 Å². The maximum absolute atomic E-state index is 13.9. The molecule has 0 aromatic heterocycles. The first-order chi connectivity index (χ1) is 13.0. The molecular formula is C19H22F2N2O4. The van der Waals surface area contributed by atoms with Gasteiger partial charge in [0.05, 0.1) is 18.8 Å². The summed E-state index contributed by atoms with van der Waals surface area (Å²) in [7, 11) is 0. The molecule has 1 spiro atoms. The Morgan fingerprint density at radius 1 is 1.26 bits per heavy atom. The highest BCUT2D eigenvalue weighted by Crippen LogP contribution is 2.38. The van der Waals surface area contributed by atoms with Crippen LogP contribution >= 0.6 is 0 Å². The average Bonchev–Trinajstić information content (AvgIpc) is 3.25. The lowest BCUT2D eigenvalue weighted by Gasteiger charge is -2.34. The van der Waals surface area contributed by atoms with Crippen LogP contribution in [0.4, 0.5) is 8.78 Å². The fourth-order valence-corrected chi connectivity index (χ4v) is 4.28. The number of benzene rings is 1. The summed E-state index contributed by atoms with van der Waals surface area (Å²) in [4.78, 5) is 26.7. The average molecular weight is 380 g/mol. The molecule has 0 aliphatic carbocycles. The molecule has 1 N–H and O–H groups in total. The van der Waals surface area contributed by atoms with E-state index in [2.05, 4.69) is 5.32 Å². The first kappa shape index (κ1) is 18.3. The number of rotatable bonds is 2. The molecule has 6 nitrogen and oxygen atoms in total. The van der Waals surface area contributed by atoms with E-state index in [1.807, 2.05) is 0 Å². The number of hydrogen-bond acceptors (Lipinski definition) is 4. The largest absolute Gasteiger partial charge is 0.378 e. The van der Waals surface area contributed by atoms with Gasteiger partial charge in [0.2, 0.25) is 5.91 Å². The van der Waals surface area contributed by atoms with Gasteiger partial charge >= 0.3 is 0 Å². The number of amides is 2. The molecule has 4 rings (SSSR count). The van der Waals surface area contributed by atoms with Crippen LogP contribution in [0.3, 0.4) is 0 Å². The van der Waals surface area contributed by atoms with Gasteiger partial charge in [-0.1, -0.05) is 6.07 Å². The van der Waals surface area contributed by atoms with Crippen molar-refractivity contribution in [3.8, 4) is 0 Å². The number of carbonyl (C=O) groups excluding carboxylic acids is 2. The van der Waals surface area contributed by atoms with Crippen LogP contribution in [-0.2, 0) is 19.1 Å². The lowest BCUT2D eigenvalue weighted by molar-refractivity contribution is -0.140. The van der Waals surface area contributed by atoms with E-state index in [4.69, 9.17) is 9.47 Å². The number of likely N-dealkylation sites (tertiary alicyclic amines) is 1. The second kappa shape index (κ2) is 7.16. The highest BCUT2D eigenvalue weighted by Gasteiger charge is 2.51. The van der Waals surface area contributed by atoms with Gasteiger partial charge in [-0.05, 0) is 30.5 Å². The van der Waals surface area contributed by atoms with E-state index in [-0.39, 0.29) is 44.5 Å². The Balaban J connectivity index is 1.67. The SMILES string of the molecule is O=C1CCOC[C@]2(CN(C(=O)C3CCCO3)C[C@H]2c2ccc(F)c(F)c2)N1. The van der Waals surface area contributed by atoms with E-state index in [0.717, 1.165) is 18.6 Å². The third-order valence-electron chi connectivity index (χ3n) is 5.63. The van der Waals surface area contributed by atoms with E-state index >= 15 is 0 Å². The molecule has 3 heterocycles. The molecule has 0 saturated carbocycles. The van der Waals surface area contributed by atoms with Crippen molar-refractivity contribution in [1.29, 1.82) is 0 Å². The minimum atomic E-state index is -0.951. The van der Waals surface area contributed by atoms with Crippen molar-refractivity contribution in [3.05, 3.63) is 35.4 Å². The Bertz CT molecular complexity index is 753. The Kier molecular flexibility index (Phi) is 4.86. The maximum atomic E-state index is 13.9. The molecule has 3 saturated heterocycles. The van der Waals surface area contributed by atoms with Crippen molar-refractivity contribution in [2.75, 3.05) is 32.9 Å². The number of carbonyl (C=O) groups is 2. The number of nitrogens with one attached hydrogen (secondary N) is 1. The summed E-state index contributed by atoms with van der Waals surface area (Å²) >= 11 is 0.